The minimum Gasteiger partial charge on any atom is -0.395 e. The molecule has 1 saturated carbocycles. The predicted octanol–water partition coefficient (Wildman–Crippen LogP) is -0.422. The van der Waals surface area contributed by atoms with E-state index in [1.54, 1.807) is 7.05 Å². The molecule has 2 N–H and O–H groups in total. The molecule has 1 unspecified atom stereocenters. The van der Waals surface area contributed by atoms with Gasteiger partial charge in [-0.2, -0.15) is 0 Å². The summed E-state index contributed by atoms with van der Waals surface area (Å²) in [6.45, 7) is 2.60. The third-order valence-electron chi connectivity index (χ3n) is 2.50. The van der Waals surface area contributed by atoms with Gasteiger partial charge in [0.2, 0.25) is 5.91 Å². The molecule has 1 fully saturated rings. The Balaban J connectivity index is 2.47. The number of rotatable bonds is 5. The number of carbonyl (C=O) groups is 1. The number of hydrogen-bond donors (Lipinski definition) is 2. The van der Waals surface area contributed by atoms with Crippen molar-refractivity contribution in [2.45, 2.75) is 31.8 Å². The number of nitrogens with zero attached hydrogens (tertiary/aromatic N) is 1. The fourth-order valence-electron chi connectivity index (χ4n) is 1.57. The van der Waals surface area contributed by atoms with Crippen LogP contribution in [0.5, 0.6) is 0 Å². The van der Waals surface area contributed by atoms with Crippen molar-refractivity contribution >= 4 is 5.91 Å². The molecule has 13 heavy (non-hydrogen) atoms. The lowest BCUT2D eigenvalue weighted by atomic mass is 10.2. The molecule has 0 aliphatic heterocycles. The number of aliphatic hydroxyl groups excluding tert-OH is 1. The van der Waals surface area contributed by atoms with Gasteiger partial charge < -0.3 is 10.4 Å². The molecule has 76 valence electrons. The van der Waals surface area contributed by atoms with Gasteiger partial charge in [0, 0.05) is 19.6 Å². The first kappa shape index (κ1) is 10.5. The summed E-state index contributed by atoms with van der Waals surface area (Å²) in [7, 11) is 1.64. The molecule has 0 saturated heterocycles. The second-order valence-corrected chi connectivity index (χ2v) is 3.48. The van der Waals surface area contributed by atoms with E-state index < -0.39 is 0 Å². The fourth-order valence-corrected chi connectivity index (χ4v) is 1.57. The van der Waals surface area contributed by atoms with Gasteiger partial charge in [-0.05, 0) is 19.8 Å². The van der Waals surface area contributed by atoms with E-state index >= 15 is 0 Å². The second kappa shape index (κ2) is 4.58. The van der Waals surface area contributed by atoms with E-state index in [-0.39, 0.29) is 18.6 Å². The molecule has 1 rings (SSSR count). The van der Waals surface area contributed by atoms with Crippen LogP contribution in [0.25, 0.3) is 0 Å². The van der Waals surface area contributed by atoms with Crippen LogP contribution in [0.1, 0.15) is 19.8 Å². The highest BCUT2D eigenvalue weighted by atomic mass is 16.3. The van der Waals surface area contributed by atoms with Crippen molar-refractivity contribution in [3.05, 3.63) is 0 Å². The SMILES string of the molecule is CNC(=O)C(C)N(CCO)C1CC1. The first-order chi connectivity index (χ1) is 6.20. The molecule has 0 spiro atoms. The summed E-state index contributed by atoms with van der Waals surface area (Å²) in [4.78, 5) is 13.4. The normalized spacial score (nSPS) is 18.8. The van der Waals surface area contributed by atoms with Gasteiger partial charge in [0.15, 0.2) is 0 Å². The Hall–Kier alpha value is -0.610. The number of hydrogen-bond acceptors (Lipinski definition) is 3. The van der Waals surface area contributed by atoms with Crippen LogP contribution in [0.2, 0.25) is 0 Å². The summed E-state index contributed by atoms with van der Waals surface area (Å²) in [6.07, 6.45) is 2.31. The summed E-state index contributed by atoms with van der Waals surface area (Å²) >= 11 is 0. The van der Waals surface area contributed by atoms with Crippen LogP contribution in [0.4, 0.5) is 0 Å². The summed E-state index contributed by atoms with van der Waals surface area (Å²) < 4.78 is 0. The lowest BCUT2D eigenvalue weighted by Crippen LogP contribution is -2.46. The van der Waals surface area contributed by atoms with Crippen LogP contribution >= 0.6 is 0 Å². The maximum atomic E-state index is 11.3. The van der Waals surface area contributed by atoms with Crippen LogP contribution in [0, 0.1) is 0 Å². The Morgan fingerprint density at radius 2 is 2.31 bits per heavy atom. The number of likely N-dealkylation sites (N-methyl/N-ethyl adjacent to an activating group) is 1. The Labute approximate surface area is 78.9 Å². The van der Waals surface area contributed by atoms with Crippen molar-refractivity contribution < 1.29 is 9.90 Å². The number of carbonyl (C=O) groups excluding carboxylic acids is 1. The largest absolute Gasteiger partial charge is 0.395 e. The standard InChI is InChI=1S/C9H18N2O2/c1-7(9(13)10-2)11(5-6-12)8-3-4-8/h7-8,12H,3-6H2,1-2H3,(H,10,13). The van der Waals surface area contributed by atoms with E-state index in [1.165, 1.54) is 0 Å². The maximum Gasteiger partial charge on any atom is 0.236 e. The van der Waals surface area contributed by atoms with Gasteiger partial charge >= 0.3 is 0 Å². The van der Waals surface area contributed by atoms with E-state index in [0.717, 1.165) is 12.8 Å². The smallest absolute Gasteiger partial charge is 0.236 e. The average Bonchev–Trinajstić information content (AvgIpc) is 2.95. The lowest BCUT2D eigenvalue weighted by Gasteiger charge is -2.26. The lowest BCUT2D eigenvalue weighted by molar-refractivity contribution is -0.125. The summed E-state index contributed by atoms with van der Waals surface area (Å²) in [5, 5.41) is 11.5. The zero-order chi connectivity index (χ0) is 9.84. The Morgan fingerprint density at radius 1 is 1.69 bits per heavy atom. The highest BCUT2D eigenvalue weighted by Gasteiger charge is 2.33. The van der Waals surface area contributed by atoms with Crippen LogP contribution in [-0.2, 0) is 4.79 Å². The van der Waals surface area contributed by atoms with Crippen molar-refractivity contribution in [1.29, 1.82) is 0 Å². The quantitative estimate of drug-likeness (QED) is 0.613. The molecule has 1 aliphatic carbocycles. The predicted molar refractivity (Wildman–Crippen MR) is 50.3 cm³/mol. The van der Waals surface area contributed by atoms with Crippen molar-refractivity contribution in [1.82, 2.24) is 10.2 Å². The zero-order valence-corrected chi connectivity index (χ0v) is 8.29. The molecule has 0 bridgehead atoms. The van der Waals surface area contributed by atoms with Gasteiger partial charge in [-0.25, -0.2) is 0 Å². The van der Waals surface area contributed by atoms with Gasteiger partial charge in [-0.15, -0.1) is 0 Å². The molecule has 1 amide bonds. The first-order valence-corrected chi connectivity index (χ1v) is 4.79. The molecular weight excluding hydrogens is 168 g/mol. The monoisotopic (exact) mass is 186 g/mol. The van der Waals surface area contributed by atoms with E-state index in [1.807, 2.05) is 6.92 Å². The third-order valence-corrected chi connectivity index (χ3v) is 2.50. The minimum atomic E-state index is -0.121. The van der Waals surface area contributed by atoms with Crippen LogP contribution in [0.15, 0.2) is 0 Å². The second-order valence-electron chi connectivity index (χ2n) is 3.48. The van der Waals surface area contributed by atoms with Crippen LogP contribution in [-0.4, -0.2) is 48.2 Å². The first-order valence-electron chi connectivity index (χ1n) is 4.79. The number of aliphatic hydroxyl groups is 1. The molecule has 0 aromatic carbocycles. The summed E-state index contributed by atoms with van der Waals surface area (Å²) in [6, 6.07) is 0.393. The summed E-state index contributed by atoms with van der Waals surface area (Å²) in [5.74, 6) is 0.0281. The zero-order valence-electron chi connectivity index (χ0n) is 8.29. The van der Waals surface area contributed by atoms with Gasteiger partial charge in [-0.3, -0.25) is 9.69 Å². The molecule has 4 nitrogen and oxygen atoms in total. The average molecular weight is 186 g/mol. The van der Waals surface area contributed by atoms with Gasteiger partial charge in [0.25, 0.3) is 0 Å². The molecule has 0 radical (unpaired) electrons. The van der Waals surface area contributed by atoms with Crippen LogP contribution in [0.3, 0.4) is 0 Å². The molecule has 0 aromatic rings. The van der Waals surface area contributed by atoms with Gasteiger partial charge in [0.05, 0.1) is 12.6 Å². The highest BCUT2D eigenvalue weighted by molar-refractivity contribution is 5.81. The van der Waals surface area contributed by atoms with E-state index in [0.29, 0.717) is 12.6 Å². The molecule has 0 heterocycles. The Morgan fingerprint density at radius 3 is 2.69 bits per heavy atom. The molecule has 1 aliphatic rings. The maximum absolute atomic E-state index is 11.3. The minimum absolute atomic E-state index is 0.0281. The van der Waals surface area contributed by atoms with Gasteiger partial charge in [0.1, 0.15) is 0 Å². The van der Waals surface area contributed by atoms with E-state index in [2.05, 4.69) is 10.2 Å². The Bertz CT molecular complexity index is 180. The van der Waals surface area contributed by atoms with Gasteiger partial charge in [-0.1, -0.05) is 0 Å². The summed E-state index contributed by atoms with van der Waals surface area (Å²) in [5.41, 5.74) is 0. The van der Waals surface area contributed by atoms with Crippen molar-refractivity contribution in [3.8, 4) is 0 Å². The fraction of sp³-hybridized carbons (Fsp3) is 0.889. The molecule has 4 heteroatoms. The van der Waals surface area contributed by atoms with E-state index in [9.17, 15) is 4.79 Å². The molecule has 1 atom stereocenters. The molecule has 0 aromatic heterocycles. The van der Waals surface area contributed by atoms with Crippen molar-refractivity contribution in [3.63, 3.8) is 0 Å². The van der Waals surface area contributed by atoms with Crippen molar-refractivity contribution in [2.24, 2.45) is 0 Å². The number of amides is 1. The van der Waals surface area contributed by atoms with E-state index in [4.69, 9.17) is 5.11 Å². The highest BCUT2D eigenvalue weighted by Crippen LogP contribution is 2.28. The molecular formula is C9H18N2O2. The van der Waals surface area contributed by atoms with Crippen LogP contribution < -0.4 is 5.32 Å². The van der Waals surface area contributed by atoms with Crippen molar-refractivity contribution in [2.75, 3.05) is 20.2 Å². The topological polar surface area (TPSA) is 52.6 Å². The Kier molecular flexibility index (Phi) is 3.69. The third kappa shape index (κ3) is 2.67. The number of nitrogens with one attached hydrogen (secondary N) is 1.